The van der Waals surface area contributed by atoms with E-state index in [4.69, 9.17) is 23.2 Å². The number of hydrogen-bond acceptors (Lipinski definition) is 1. The van der Waals surface area contributed by atoms with E-state index in [1.165, 1.54) is 0 Å². The summed E-state index contributed by atoms with van der Waals surface area (Å²) in [4.78, 5) is 11.6. The Balaban J connectivity index is 2.88. The zero-order valence-corrected chi connectivity index (χ0v) is 13.0. The summed E-state index contributed by atoms with van der Waals surface area (Å²) >= 11 is 14.8. The molecule has 1 aromatic rings. The van der Waals surface area contributed by atoms with Crippen LogP contribution < -0.4 is 5.32 Å². The minimum atomic E-state index is -0.116. The van der Waals surface area contributed by atoms with E-state index >= 15 is 0 Å². The highest BCUT2D eigenvalue weighted by molar-refractivity contribution is 9.10. The molecule has 0 aromatic heterocycles. The summed E-state index contributed by atoms with van der Waals surface area (Å²) in [7, 11) is 0. The van der Waals surface area contributed by atoms with Crippen LogP contribution in [0.2, 0.25) is 0 Å². The number of nitrogens with one attached hydrogen (secondary N) is 1. The topological polar surface area (TPSA) is 29.1 Å². The first-order chi connectivity index (χ1) is 8.52. The number of hydrogen-bond donors (Lipinski definition) is 1. The number of rotatable bonds is 5. The Morgan fingerprint density at radius 2 is 2.00 bits per heavy atom. The molecule has 1 aromatic carbocycles. The van der Waals surface area contributed by atoms with Crippen LogP contribution in [0.25, 0.3) is 0 Å². The standard InChI is InChI=1S/C13H14BrCl2NO/c1-2-17-13(18)8-10(7-12(15)16)9-3-5-11(14)6-4-9/h3-7,10H,2,8H2,1H3,(H,17,18)/t10-/m1/s1. The van der Waals surface area contributed by atoms with Crippen LogP contribution >= 0.6 is 39.1 Å². The second-order valence-electron chi connectivity index (χ2n) is 3.77. The van der Waals surface area contributed by atoms with Crippen molar-refractivity contribution in [3.8, 4) is 0 Å². The summed E-state index contributed by atoms with van der Waals surface area (Å²) < 4.78 is 1.16. The molecule has 0 saturated heterocycles. The summed E-state index contributed by atoms with van der Waals surface area (Å²) in [5.74, 6) is -0.133. The average Bonchev–Trinajstić information content (AvgIpc) is 2.28. The van der Waals surface area contributed by atoms with Gasteiger partial charge in [0.05, 0.1) is 0 Å². The Kier molecular flexibility index (Phi) is 6.76. The molecule has 98 valence electrons. The molecular weight excluding hydrogens is 337 g/mol. The quantitative estimate of drug-likeness (QED) is 0.838. The molecule has 0 saturated carbocycles. The van der Waals surface area contributed by atoms with E-state index < -0.39 is 0 Å². The molecule has 2 nitrogen and oxygen atoms in total. The number of benzene rings is 1. The van der Waals surface area contributed by atoms with Gasteiger partial charge in [0.15, 0.2) is 0 Å². The first kappa shape index (κ1) is 15.5. The first-order valence-electron chi connectivity index (χ1n) is 5.58. The molecule has 1 atom stereocenters. The Morgan fingerprint density at radius 1 is 1.39 bits per heavy atom. The molecule has 0 bridgehead atoms. The maximum atomic E-state index is 11.6. The highest BCUT2D eigenvalue weighted by Gasteiger charge is 2.14. The fourth-order valence-corrected chi connectivity index (χ4v) is 2.17. The van der Waals surface area contributed by atoms with Gasteiger partial charge in [-0.25, -0.2) is 0 Å². The van der Waals surface area contributed by atoms with Crippen LogP contribution in [-0.4, -0.2) is 12.5 Å². The first-order valence-corrected chi connectivity index (χ1v) is 7.12. The van der Waals surface area contributed by atoms with Crippen molar-refractivity contribution in [2.75, 3.05) is 6.54 Å². The fourth-order valence-electron chi connectivity index (χ4n) is 1.60. The van der Waals surface area contributed by atoms with Crippen molar-refractivity contribution in [1.82, 2.24) is 5.32 Å². The molecular formula is C13H14BrCl2NO. The van der Waals surface area contributed by atoms with Gasteiger partial charge in [0.25, 0.3) is 0 Å². The van der Waals surface area contributed by atoms with Gasteiger partial charge in [-0.05, 0) is 30.7 Å². The Hall–Kier alpha value is -0.510. The number of allylic oxidation sites excluding steroid dienone is 1. The van der Waals surface area contributed by atoms with Gasteiger partial charge in [-0.15, -0.1) is 0 Å². The Labute approximate surface area is 125 Å². The highest BCUT2D eigenvalue weighted by atomic mass is 79.9. The van der Waals surface area contributed by atoms with Crippen molar-refractivity contribution in [3.63, 3.8) is 0 Å². The zero-order chi connectivity index (χ0) is 13.5. The third-order valence-corrected chi connectivity index (χ3v) is 3.19. The van der Waals surface area contributed by atoms with E-state index in [0.717, 1.165) is 10.0 Å². The van der Waals surface area contributed by atoms with Crippen LogP contribution in [-0.2, 0) is 4.79 Å². The maximum Gasteiger partial charge on any atom is 0.220 e. The van der Waals surface area contributed by atoms with Gasteiger partial charge in [-0.2, -0.15) is 0 Å². The second kappa shape index (κ2) is 7.82. The van der Waals surface area contributed by atoms with E-state index in [0.29, 0.717) is 13.0 Å². The van der Waals surface area contributed by atoms with Gasteiger partial charge < -0.3 is 5.32 Å². The van der Waals surface area contributed by atoms with Crippen LogP contribution in [0.4, 0.5) is 0 Å². The highest BCUT2D eigenvalue weighted by Crippen LogP contribution is 2.26. The molecule has 0 spiro atoms. The van der Waals surface area contributed by atoms with E-state index in [2.05, 4.69) is 21.2 Å². The lowest BCUT2D eigenvalue weighted by atomic mass is 9.95. The molecule has 1 N–H and O–H groups in total. The largest absolute Gasteiger partial charge is 0.356 e. The summed E-state index contributed by atoms with van der Waals surface area (Å²) in [5.41, 5.74) is 1.00. The number of carbonyl (C=O) groups is 1. The van der Waals surface area contributed by atoms with E-state index in [-0.39, 0.29) is 16.3 Å². The summed E-state index contributed by atoms with van der Waals surface area (Å²) in [6.45, 7) is 2.50. The molecule has 0 radical (unpaired) electrons. The van der Waals surface area contributed by atoms with Gasteiger partial charge in [-0.1, -0.05) is 51.3 Å². The average molecular weight is 351 g/mol. The van der Waals surface area contributed by atoms with Gasteiger partial charge in [0, 0.05) is 23.4 Å². The predicted molar refractivity (Wildman–Crippen MR) is 80.0 cm³/mol. The monoisotopic (exact) mass is 349 g/mol. The van der Waals surface area contributed by atoms with E-state index in [9.17, 15) is 4.79 Å². The van der Waals surface area contributed by atoms with Crippen LogP contribution in [0.1, 0.15) is 24.8 Å². The Bertz CT molecular complexity index is 427. The Morgan fingerprint density at radius 3 is 2.50 bits per heavy atom. The molecule has 5 heteroatoms. The molecule has 0 aliphatic heterocycles. The van der Waals surface area contributed by atoms with Crippen LogP contribution in [0.5, 0.6) is 0 Å². The fraction of sp³-hybridized carbons (Fsp3) is 0.308. The lowest BCUT2D eigenvalue weighted by Crippen LogP contribution is -2.24. The number of amides is 1. The van der Waals surface area contributed by atoms with Crippen LogP contribution in [0.3, 0.4) is 0 Å². The molecule has 0 heterocycles. The van der Waals surface area contributed by atoms with Gasteiger partial charge in [-0.3, -0.25) is 4.79 Å². The smallest absolute Gasteiger partial charge is 0.220 e. The number of carbonyl (C=O) groups excluding carboxylic acids is 1. The summed E-state index contributed by atoms with van der Waals surface area (Å²) in [6.07, 6.45) is 2.01. The van der Waals surface area contributed by atoms with Gasteiger partial charge >= 0.3 is 0 Å². The van der Waals surface area contributed by atoms with Crippen LogP contribution in [0, 0.1) is 0 Å². The second-order valence-corrected chi connectivity index (χ2v) is 5.70. The molecule has 0 fully saturated rings. The van der Waals surface area contributed by atoms with E-state index in [1.807, 2.05) is 31.2 Å². The van der Waals surface area contributed by atoms with Crippen molar-refractivity contribution < 1.29 is 4.79 Å². The lowest BCUT2D eigenvalue weighted by Gasteiger charge is -2.13. The SMILES string of the molecule is CCNC(=O)C[C@@H](C=C(Cl)Cl)c1ccc(Br)cc1. The molecule has 1 rings (SSSR count). The van der Waals surface area contributed by atoms with E-state index in [1.54, 1.807) is 6.08 Å². The van der Waals surface area contributed by atoms with Gasteiger partial charge in [0.1, 0.15) is 4.49 Å². The normalized spacial score (nSPS) is 11.8. The molecule has 18 heavy (non-hydrogen) atoms. The van der Waals surface area contributed by atoms with Crippen LogP contribution in [0.15, 0.2) is 39.3 Å². The third-order valence-electron chi connectivity index (χ3n) is 2.40. The molecule has 1 amide bonds. The zero-order valence-electron chi connectivity index (χ0n) is 9.92. The minimum absolute atomic E-state index is 0.0174. The predicted octanol–water partition coefficient (Wildman–Crippen LogP) is 4.38. The van der Waals surface area contributed by atoms with Crippen molar-refractivity contribution in [2.24, 2.45) is 0 Å². The summed E-state index contributed by atoms with van der Waals surface area (Å²) in [6, 6.07) is 7.74. The van der Waals surface area contributed by atoms with Crippen molar-refractivity contribution in [2.45, 2.75) is 19.3 Å². The van der Waals surface area contributed by atoms with Crippen molar-refractivity contribution in [1.29, 1.82) is 0 Å². The minimum Gasteiger partial charge on any atom is -0.356 e. The maximum absolute atomic E-state index is 11.6. The third kappa shape index (κ3) is 5.42. The number of halogens is 3. The molecule has 0 aliphatic rings. The molecule has 0 aliphatic carbocycles. The molecule has 0 unspecified atom stereocenters. The van der Waals surface area contributed by atoms with Gasteiger partial charge in [0.2, 0.25) is 5.91 Å². The van der Waals surface area contributed by atoms with Crippen molar-refractivity contribution >= 4 is 45.0 Å². The lowest BCUT2D eigenvalue weighted by molar-refractivity contribution is -0.121. The van der Waals surface area contributed by atoms with Crippen molar-refractivity contribution in [3.05, 3.63) is 44.9 Å². The summed E-state index contributed by atoms with van der Waals surface area (Å²) in [5, 5.41) is 2.77.